The Hall–Kier alpha value is -4.36. The lowest BCUT2D eigenvalue weighted by atomic mass is 9.90. The number of thiophene rings is 1. The average Bonchev–Trinajstić information content (AvgIpc) is 3.76. The summed E-state index contributed by atoms with van der Waals surface area (Å²) in [6.07, 6.45) is -5.22. The SMILES string of the molecule is COc1cc2c(cc1C(=O)Nc1cccn(C)c1=O)-c1c(-c3cccs3)cc(C(=O)N3CCC[C@]3(C)[C@H](O)C(F)(F)F)n1CC2. The fraction of sp³-hybridized carbons (Fsp3) is 0.344. The smallest absolute Gasteiger partial charge is 0.416 e. The molecule has 0 aliphatic carbocycles. The molecular formula is C32H31F3N4O5S. The molecule has 0 radical (unpaired) electrons. The maximum Gasteiger partial charge on any atom is 0.416 e. The van der Waals surface area contributed by atoms with Crippen molar-refractivity contribution in [1.29, 1.82) is 0 Å². The number of likely N-dealkylation sites (tertiary alicyclic amines) is 1. The number of aliphatic hydroxyl groups excluding tert-OH is 1. The second kappa shape index (κ2) is 11.2. The molecule has 2 aliphatic rings. The lowest BCUT2D eigenvalue weighted by Crippen LogP contribution is -2.58. The van der Waals surface area contributed by atoms with Gasteiger partial charge in [0.2, 0.25) is 0 Å². The summed E-state index contributed by atoms with van der Waals surface area (Å²) in [5.41, 5.74) is 1.13. The van der Waals surface area contributed by atoms with Gasteiger partial charge < -0.3 is 29.2 Å². The van der Waals surface area contributed by atoms with Gasteiger partial charge in [-0.1, -0.05) is 6.07 Å². The Balaban J connectivity index is 1.47. The maximum absolute atomic E-state index is 14.1. The number of nitrogens with one attached hydrogen (secondary N) is 1. The molecule has 2 amide bonds. The van der Waals surface area contributed by atoms with E-state index in [-0.39, 0.29) is 35.5 Å². The molecule has 1 fully saturated rings. The number of ether oxygens (including phenoxy) is 1. The highest BCUT2D eigenvalue weighted by molar-refractivity contribution is 7.13. The first-order valence-electron chi connectivity index (χ1n) is 14.4. The molecule has 9 nitrogen and oxygen atoms in total. The van der Waals surface area contributed by atoms with Gasteiger partial charge in [0, 0.05) is 42.3 Å². The minimum Gasteiger partial charge on any atom is -0.496 e. The first-order valence-corrected chi connectivity index (χ1v) is 15.3. The van der Waals surface area contributed by atoms with E-state index in [0.29, 0.717) is 42.0 Å². The van der Waals surface area contributed by atoms with Crippen LogP contribution in [0.25, 0.3) is 21.7 Å². The van der Waals surface area contributed by atoms with Crippen LogP contribution in [-0.4, -0.2) is 62.4 Å². The number of aliphatic hydroxyl groups is 1. The lowest BCUT2D eigenvalue weighted by Gasteiger charge is -2.40. The van der Waals surface area contributed by atoms with E-state index < -0.39 is 29.6 Å². The highest BCUT2D eigenvalue weighted by Crippen LogP contribution is 2.45. The van der Waals surface area contributed by atoms with Crippen LogP contribution in [0.2, 0.25) is 0 Å². The molecule has 5 heterocycles. The van der Waals surface area contributed by atoms with Crippen LogP contribution in [0.15, 0.2) is 58.8 Å². The van der Waals surface area contributed by atoms with Gasteiger partial charge in [-0.05, 0) is 73.5 Å². The molecular weight excluding hydrogens is 609 g/mol. The minimum atomic E-state index is -4.89. The van der Waals surface area contributed by atoms with Crippen LogP contribution in [0.1, 0.15) is 46.2 Å². The summed E-state index contributed by atoms with van der Waals surface area (Å²) in [7, 11) is 3.02. The molecule has 0 spiro atoms. The average molecular weight is 641 g/mol. The molecule has 1 aromatic carbocycles. The lowest BCUT2D eigenvalue weighted by molar-refractivity contribution is -0.232. The number of carbonyl (C=O) groups excluding carboxylic acids is 2. The number of rotatable bonds is 6. The zero-order valence-electron chi connectivity index (χ0n) is 24.8. The highest BCUT2D eigenvalue weighted by Gasteiger charge is 2.56. The van der Waals surface area contributed by atoms with Crippen molar-refractivity contribution >= 4 is 28.8 Å². The second-order valence-corrected chi connectivity index (χ2v) is 12.5. The van der Waals surface area contributed by atoms with E-state index in [2.05, 4.69) is 5.32 Å². The van der Waals surface area contributed by atoms with Gasteiger partial charge >= 0.3 is 6.18 Å². The molecule has 1 saturated heterocycles. The summed E-state index contributed by atoms with van der Waals surface area (Å²) in [6.45, 7) is 1.72. The second-order valence-electron chi connectivity index (χ2n) is 11.5. The van der Waals surface area contributed by atoms with E-state index in [1.165, 1.54) is 36.0 Å². The number of aryl methyl sites for hydroxylation is 2. The van der Waals surface area contributed by atoms with Crippen LogP contribution < -0.4 is 15.6 Å². The number of aromatic nitrogens is 2. The van der Waals surface area contributed by atoms with Crippen molar-refractivity contribution in [3.05, 3.63) is 81.2 Å². The Morgan fingerprint density at radius 1 is 1.13 bits per heavy atom. The third-order valence-electron chi connectivity index (χ3n) is 8.83. The summed E-state index contributed by atoms with van der Waals surface area (Å²) in [6, 6.07) is 12.0. The van der Waals surface area contributed by atoms with Crippen LogP contribution in [0.5, 0.6) is 5.75 Å². The Labute approximate surface area is 260 Å². The largest absolute Gasteiger partial charge is 0.496 e. The Morgan fingerprint density at radius 3 is 2.60 bits per heavy atom. The first kappa shape index (κ1) is 30.7. The number of fused-ring (bicyclic) bond motifs is 3. The van der Waals surface area contributed by atoms with E-state index in [0.717, 1.165) is 15.3 Å². The predicted octanol–water partition coefficient (Wildman–Crippen LogP) is 5.32. The molecule has 13 heteroatoms. The van der Waals surface area contributed by atoms with Crippen molar-refractivity contribution in [2.45, 2.75) is 50.6 Å². The molecule has 3 aromatic heterocycles. The standard InChI is InChI=1S/C32H31F3N4O5S/c1-31(30(43)32(33,34)35)10-6-12-39(31)29(42)23-17-21(25-8-5-14-45-25)26-19-16-20(24(44-3)15-18(19)9-13-38(23)26)27(40)36-22-7-4-11-37(2)28(22)41/h4-5,7-8,11,14-17,30,43H,6,9-10,12-13H2,1-3H3,(H,36,40)/t30-,31+/m0/s1. The third-order valence-corrected chi connectivity index (χ3v) is 9.73. The minimum absolute atomic E-state index is 0.0103. The van der Waals surface area contributed by atoms with E-state index in [9.17, 15) is 32.7 Å². The third kappa shape index (κ3) is 5.13. The van der Waals surface area contributed by atoms with Crippen molar-refractivity contribution in [2.75, 3.05) is 19.0 Å². The van der Waals surface area contributed by atoms with Crippen molar-refractivity contribution < 1.29 is 32.6 Å². The van der Waals surface area contributed by atoms with Gasteiger partial charge in [-0.15, -0.1) is 11.3 Å². The molecule has 0 saturated carbocycles. The van der Waals surface area contributed by atoms with E-state index in [4.69, 9.17) is 4.74 Å². The van der Waals surface area contributed by atoms with Gasteiger partial charge in [-0.2, -0.15) is 13.2 Å². The highest BCUT2D eigenvalue weighted by atomic mass is 32.1. The number of benzene rings is 1. The number of hydrogen-bond acceptors (Lipinski definition) is 6. The summed E-state index contributed by atoms with van der Waals surface area (Å²) in [5, 5.41) is 14.9. The van der Waals surface area contributed by atoms with Crippen molar-refractivity contribution in [2.24, 2.45) is 7.05 Å². The van der Waals surface area contributed by atoms with Gasteiger partial charge in [0.05, 0.1) is 23.9 Å². The number of carbonyl (C=O) groups is 2. The Morgan fingerprint density at radius 2 is 1.91 bits per heavy atom. The van der Waals surface area contributed by atoms with Crippen LogP contribution in [0, 0.1) is 0 Å². The predicted molar refractivity (Wildman–Crippen MR) is 164 cm³/mol. The van der Waals surface area contributed by atoms with Crippen LogP contribution >= 0.6 is 11.3 Å². The van der Waals surface area contributed by atoms with E-state index >= 15 is 0 Å². The van der Waals surface area contributed by atoms with Crippen molar-refractivity contribution in [3.63, 3.8) is 0 Å². The van der Waals surface area contributed by atoms with E-state index in [1.54, 1.807) is 42.1 Å². The van der Waals surface area contributed by atoms with Gasteiger partial charge in [-0.25, -0.2) is 0 Å². The number of halogens is 3. The van der Waals surface area contributed by atoms with Crippen molar-refractivity contribution in [3.8, 4) is 27.4 Å². The van der Waals surface area contributed by atoms with Gasteiger partial charge in [0.1, 0.15) is 17.1 Å². The number of pyridine rings is 1. The van der Waals surface area contributed by atoms with Gasteiger partial charge in [0.25, 0.3) is 17.4 Å². The zero-order chi connectivity index (χ0) is 32.3. The fourth-order valence-corrected chi connectivity index (χ4v) is 7.22. The monoisotopic (exact) mass is 640 g/mol. The summed E-state index contributed by atoms with van der Waals surface area (Å²) in [4.78, 5) is 42.2. The molecule has 6 rings (SSSR count). The number of alkyl halides is 3. The van der Waals surface area contributed by atoms with Gasteiger partial charge in [0.15, 0.2) is 6.10 Å². The molecule has 4 aromatic rings. The number of methoxy groups -OCH3 is 1. The number of nitrogens with zero attached hydrogens (tertiary/aromatic N) is 3. The summed E-state index contributed by atoms with van der Waals surface area (Å²) < 4.78 is 49.8. The molecule has 45 heavy (non-hydrogen) atoms. The molecule has 2 atom stereocenters. The number of amides is 2. The molecule has 0 bridgehead atoms. The summed E-state index contributed by atoms with van der Waals surface area (Å²) in [5.74, 6) is -0.858. The summed E-state index contributed by atoms with van der Waals surface area (Å²) >= 11 is 1.44. The first-order chi connectivity index (χ1) is 21.3. The fourth-order valence-electron chi connectivity index (χ4n) is 6.47. The Kier molecular flexibility index (Phi) is 7.64. The Bertz CT molecular complexity index is 1860. The number of anilines is 1. The topological polar surface area (TPSA) is 106 Å². The van der Waals surface area contributed by atoms with Crippen LogP contribution in [0.4, 0.5) is 18.9 Å². The van der Waals surface area contributed by atoms with Crippen LogP contribution in [0.3, 0.4) is 0 Å². The molecule has 236 valence electrons. The normalized spacial score (nSPS) is 18.3. The molecule has 0 unspecified atom stereocenters. The van der Waals surface area contributed by atoms with E-state index in [1.807, 2.05) is 17.5 Å². The van der Waals surface area contributed by atoms with Crippen LogP contribution in [-0.2, 0) is 20.0 Å². The maximum atomic E-state index is 14.1. The quantitative estimate of drug-likeness (QED) is 0.297. The van der Waals surface area contributed by atoms with Crippen molar-refractivity contribution in [1.82, 2.24) is 14.0 Å². The molecule has 2 aliphatic heterocycles. The molecule has 2 N–H and O–H groups in total. The zero-order valence-corrected chi connectivity index (χ0v) is 25.6. The number of hydrogen-bond donors (Lipinski definition) is 2. The van der Waals surface area contributed by atoms with Gasteiger partial charge in [-0.3, -0.25) is 14.4 Å².